The number of cyclic esters (lactones) is 1. The predicted molar refractivity (Wildman–Crippen MR) is 120 cm³/mol. The highest BCUT2D eigenvalue weighted by molar-refractivity contribution is 6.31. The lowest BCUT2D eigenvalue weighted by atomic mass is 10.1. The quantitative estimate of drug-likeness (QED) is 0.568. The number of nitrogens with one attached hydrogen (secondary N) is 2. The molecule has 0 spiro atoms. The molecule has 1 aliphatic heterocycles. The number of amides is 1. The summed E-state index contributed by atoms with van der Waals surface area (Å²) in [7, 11) is 0. The molecule has 2 heterocycles. The summed E-state index contributed by atoms with van der Waals surface area (Å²) in [5.74, 6) is 0.307. The summed E-state index contributed by atoms with van der Waals surface area (Å²) in [5.41, 5.74) is 3.85. The number of carbonyl (C=O) groups is 1. The van der Waals surface area contributed by atoms with Crippen LogP contribution in [0, 0.1) is 5.92 Å². The number of ether oxygens (including phenoxy) is 1. The van der Waals surface area contributed by atoms with Gasteiger partial charge in [0.25, 0.3) is 5.56 Å². The Morgan fingerprint density at radius 1 is 1.13 bits per heavy atom. The molecule has 0 saturated heterocycles. The lowest BCUT2D eigenvalue weighted by molar-refractivity contribution is 0.141. The van der Waals surface area contributed by atoms with Gasteiger partial charge < -0.3 is 15.0 Å². The van der Waals surface area contributed by atoms with E-state index in [-0.39, 0.29) is 24.3 Å². The molecule has 2 N–H and O–H groups in total. The molecule has 2 aromatic carbocycles. The number of rotatable bonds is 5. The summed E-state index contributed by atoms with van der Waals surface area (Å²) < 4.78 is 5.28. The van der Waals surface area contributed by atoms with Gasteiger partial charge in [0.15, 0.2) is 0 Å². The molecule has 4 rings (SSSR count). The minimum atomic E-state index is -0.329. The highest BCUT2D eigenvalue weighted by Gasteiger charge is 2.26. The Morgan fingerprint density at radius 2 is 1.93 bits per heavy atom. The second-order valence-corrected chi connectivity index (χ2v) is 8.49. The molecule has 6 nitrogen and oxygen atoms in total. The molecule has 1 aromatic heterocycles. The molecule has 0 bridgehead atoms. The van der Waals surface area contributed by atoms with Gasteiger partial charge >= 0.3 is 6.09 Å². The predicted octanol–water partition coefficient (Wildman–Crippen LogP) is 5.47. The third kappa shape index (κ3) is 4.00. The Kier molecular flexibility index (Phi) is 5.43. The smallest absolute Gasteiger partial charge is 0.414 e. The number of hydrogen-bond acceptors (Lipinski definition) is 4. The van der Waals surface area contributed by atoms with Crippen LogP contribution in [-0.2, 0) is 11.3 Å². The highest BCUT2D eigenvalue weighted by atomic mass is 35.5. The average Bonchev–Trinajstić information content (AvgIpc) is 2.69. The fraction of sp³-hybridized carbons (Fsp3) is 0.304. The second kappa shape index (κ2) is 8.03. The molecule has 7 heteroatoms. The Morgan fingerprint density at radius 3 is 2.70 bits per heavy atom. The van der Waals surface area contributed by atoms with E-state index in [2.05, 4.69) is 24.1 Å². The minimum absolute atomic E-state index is 0.146. The summed E-state index contributed by atoms with van der Waals surface area (Å²) in [5, 5.41) is 4.88. The number of aromatic nitrogens is 1. The molecule has 30 heavy (non-hydrogen) atoms. The standard InChI is InChI=1S/C23H24ClN3O3/c1-13(2)11-27-21-10-18(6-4-15(21)12-30-23(27)29)25-14(3)19-9-16-8-17(24)5-7-20(16)26-22(19)28/h4-10,13-14,25H,11-12H2,1-3H3,(H,26,28)/t14-/m0/s1. The van der Waals surface area contributed by atoms with E-state index in [0.29, 0.717) is 23.0 Å². The van der Waals surface area contributed by atoms with Gasteiger partial charge in [0, 0.05) is 39.3 Å². The summed E-state index contributed by atoms with van der Waals surface area (Å²) in [6.07, 6.45) is -0.329. The van der Waals surface area contributed by atoms with E-state index in [4.69, 9.17) is 16.3 Å². The van der Waals surface area contributed by atoms with Crippen LogP contribution in [0.1, 0.15) is 37.9 Å². The number of benzene rings is 2. The van der Waals surface area contributed by atoms with Crippen molar-refractivity contribution in [1.82, 2.24) is 4.98 Å². The number of halogens is 1. The molecule has 0 unspecified atom stereocenters. The van der Waals surface area contributed by atoms with Crippen molar-refractivity contribution in [3.63, 3.8) is 0 Å². The molecule has 156 valence electrons. The fourth-order valence-electron chi connectivity index (χ4n) is 3.72. The molecule has 1 atom stereocenters. The zero-order valence-electron chi connectivity index (χ0n) is 17.2. The zero-order valence-corrected chi connectivity index (χ0v) is 17.9. The summed E-state index contributed by atoms with van der Waals surface area (Å²) in [6, 6.07) is 12.8. The van der Waals surface area contributed by atoms with Gasteiger partial charge in [-0.1, -0.05) is 31.5 Å². The zero-order chi connectivity index (χ0) is 21.4. The number of aromatic amines is 1. The first-order chi connectivity index (χ1) is 14.3. The highest BCUT2D eigenvalue weighted by Crippen LogP contribution is 2.32. The number of nitrogens with zero attached hydrogens (tertiary/aromatic N) is 1. The lowest BCUT2D eigenvalue weighted by Crippen LogP contribution is -2.38. The first-order valence-corrected chi connectivity index (χ1v) is 10.4. The average molecular weight is 426 g/mol. The molecular formula is C23H24ClN3O3. The Bertz CT molecular complexity index is 1170. The first kappa shape index (κ1) is 20.3. The van der Waals surface area contributed by atoms with E-state index in [9.17, 15) is 9.59 Å². The Labute approximate surface area is 179 Å². The van der Waals surface area contributed by atoms with Crippen molar-refractivity contribution in [2.75, 3.05) is 16.8 Å². The second-order valence-electron chi connectivity index (χ2n) is 8.05. The number of fused-ring (bicyclic) bond motifs is 2. The molecule has 0 aliphatic carbocycles. The van der Waals surface area contributed by atoms with Gasteiger partial charge in [-0.2, -0.15) is 0 Å². The number of hydrogen-bond donors (Lipinski definition) is 2. The van der Waals surface area contributed by atoms with Crippen molar-refractivity contribution in [2.24, 2.45) is 5.92 Å². The minimum Gasteiger partial charge on any atom is -0.444 e. The normalized spacial score (nSPS) is 14.6. The van der Waals surface area contributed by atoms with Gasteiger partial charge in [0.1, 0.15) is 6.61 Å². The van der Waals surface area contributed by atoms with Crippen molar-refractivity contribution in [3.05, 3.63) is 69.0 Å². The number of H-pyrrole nitrogens is 1. The van der Waals surface area contributed by atoms with Gasteiger partial charge in [-0.25, -0.2) is 4.79 Å². The van der Waals surface area contributed by atoms with Crippen molar-refractivity contribution >= 4 is 40.0 Å². The van der Waals surface area contributed by atoms with E-state index in [1.165, 1.54) is 0 Å². The van der Waals surface area contributed by atoms with Crippen LogP contribution in [0.2, 0.25) is 5.02 Å². The van der Waals surface area contributed by atoms with Crippen LogP contribution in [0.4, 0.5) is 16.2 Å². The maximum Gasteiger partial charge on any atom is 0.414 e. The van der Waals surface area contributed by atoms with Gasteiger partial charge in [-0.15, -0.1) is 0 Å². The molecule has 0 saturated carbocycles. The Balaban J connectivity index is 1.64. The van der Waals surface area contributed by atoms with Gasteiger partial charge in [0.2, 0.25) is 0 Å². The van der Waals surface area contributed by atoms with Crippen LogP contribution in [0.25, 0.3) is 10.9 Å². The third-order valence-electron chi connectivity index (χ3n) is 5.18. The fourth-order valence-corrected chi connectivity index (χ4v) is 3.91. The monoisotopic (exact) mass is 425 g/mol. The summed E-state index contributed by atoms with van der Waals surface area (Å²) in [4.78, 5) is 29.5. The van der Waals surface area contributed by atoms with Crippen LogP contribution < -0.4 is 15.8 Å². The molecule has 0 fully saturated rings. The van der Waals surface area contributed by atoms with Gasteiger partial charge in [-0.05, 0) is 49.2 Å². The third-order valence-corrected chi connectivity index (χ3v) is 5.42. The van der Waals surface area contributed by atoms with E-state index in [0.717, 1.165) is 27.8 Å². The first-order valence-electron chi connectivity index (χ1n) is 9.98. The van der Waals surface area contributed by atoms with Crippen molar-refractivity contribution < 1.29 is 9.53 Å². The van der Waals surface area contributed by atoms with Crippen LogP contribution >= 0.6 is 11.6 Å². The van der Waals surface area contributed by atoms with E-state index in [1.54, 1.807) is 17.0 Å². The van der Waals surface area contributed by atoms with Crippen molar-refractivity contribution in [2.45, 2.75) is 33.4 Å². The van der Waals surface area contributed by atoms with E-state index < -0.39 is 0 Å². The lowest BCUT2D eigenvalue weighted by Gasteiger charge is -2.31. The molecule has 3 aromatic rings. The number of carbonyl (C=O) groups excluding carboxylic acids is 1. The SMILES string of the molecule is CC(C)CN1C(=O)OCc2ccc(N[C@@H](C)c3cc4cc(Cl)ccc4[nH]c3=O)cc21. The molecule has 1 aliphatic rings. The molecular weight excluding hydrogens is 402 g/mol. The van der Waals surface area contributed by atoms with Crippen LogP contribution in [0.5, 0.6) is 0 Å². The topological polar surface area (TPSA) is 74.4 Å². The maximum absolute atomic E-state index is 12.6. The number of anilines is 2. The Hall–Kier alpha value is -2.99. The van der Waals surface area contributed by atoms with Gasteiger partial charge in [-0.3, -0.25) is 9.69 Å². The van der Waals surface area contributed by atoms with Gasteiger partial charge in [0.05, 0.1) is 11.7 Å². The summed E-state index contributed by atoms with van der Waals surface area (Å²) in [6.45, 7) is 6.90. The van der Waals surface area contributed by atoms with Crippen molar-refractivity contribution in [3.8, 4) is 0 Å². The van der Waals surface area contributed by atoms with Crippen LogP contribution in [-0.4, -0.2) is 17.6 Å². The molecule has 1 amide bonds. The van der Waals surface area contributed by atoms with Crippen LogP contribution in [0.15, 0.2) is 47.3 Å². The largest absolute Gasteiger partial charge is 0.444 e. The van der Waals surface area contributed by atoms with E-state index in [1.807, 2.05) is 37.3 Å². The molecule has 0 radical (unpaired) electrons. The maximum atomic E-state index is 12.6. The summed E-state index contributed by atoms with van der Waals surface area (Å²) >= 11 is 6.10. The van der Waals surface area contributed by atoms with Crippen LogP contribution in [0.3, 0.4) is 0 Å². The van der Waals surface area contributed by atoms with E-state index >= 15 is 0 Å². The number of pyridine rings is 1. The van der Waals surface area contributed by atoms with Crippen molar-refractivity contribution in [1.29, 1.82) is 0 Å².